The van der Waals surface area contributed by atoms with Crippen LogP contribution in [0.5, 0.6) is 0 Å². The molecule has 0 bridgehead atoms. The summed E-state index contributed by atoms with van der Waals surface area (Å²) in [6.07, 6.45) is 11.7. The number of nitrogens with zero attached hydrogens (tertiary/aromatic N) is 1. The fourth-order valence-electron chi connectivity index (χ4n) is 4.31. The first kappa shape index (κ1) is 18.7. The Balaban J connectivity index is 3.14. The second kappa shape index (κ2) is 9.63. The minimum atomic E-state index is 0.273. The fourth-order valence-corrected chi connectivity index (χ4v) is 4.31. The average Bonchev–Trinajstić information content (AvgIpc) is 2.80. The molecule has 0 spiro atoms. The highest BCUT2D eigenvalue weighted by Gasteiger charge is 2.41. The number of likely N-dealkylation sites (N-methyl/N-ethyl adjacent to an activating group) is 2. The van der Waals surface area contributed by atoms with Crippen LogP contribution in [0.25, 0.3) is 0 Å². The lowest BCUT2D eigenvalue weighted by atomic mass is 9.77. The number of hydrogen-bond acceptors (Lipinski definition) is 2. The zero-order valence-corrected chi connectivity index (χ0v) is 15.2. The SMILES string of the molecule is CCNC(C1=CCCCCC1)C(CC)(CC)N(CC)CC. The van der Waals surface area contributed by atoms with Crippen LogP contribution >= 0.6 is 0 Å². The smallest absolute Gasteiger partial charge is 0.0466 e. The van der Waals surface area contributed by atoms with Gasteiger partial charge in [0.05, 0.1) is 0 Å². The van der Waals surface area contributed by atoms with Crippen molar-refractivity contribution in [3.8, 4) is 0 Å². The van der Waals surface area contributed by atoms with E-state index in [-0.39, 0.29) is 5.54 Å². The first-order valence-corrected chi connectivity index (χ1v) is 9.37. The summed E-state index contributed by atoms with van der Waals surface area (Å²) in [6.45, 7) is 15.0. The number of rotatable bonds is 9. The van der Waals surface area contributed by atoms with Crippen molar-refractivity contribution in [1.82, 2.24) is 10.2 Å². The summed E-state index contributed by atoms with van der Waals surface area (Å²) in [4.78, 5) is 2.70. The molecule has 124 valence electrons. The van der Waals surface area contributed by atoms with E-state index in [9.17, 15) is 0 Å². The maximum atomic E-state index is 3.86. The van der Waals surface area contributed by atoms with E-state index in [1.54, 1.807) is 5.57 Å². The molecule has 1 atom stereocenters. The van der Waals surface area contributed by atoms with Crippen molar-refractivity contribution in [2.45, 2.75) is 91.1 Å². The predicted octanol–water partition coefficient (Wildman–Crippen LogP) is 4.76. The van der Waals surface area contributed by atoms with Crippen LogP contribution in [0.3, 0.4) is 0 Å². The van der Waals surface area contributed by atoms with E-state index >= 15 is 0 Å². The highest BCUT2D eigenvalue weighted by atomic mass is 15.2. The Morgan fingerprint density at radius 2 is 1.71 bits per heavy atom. The third-order valence-corrected chi connectivity index (χ3v) is 5.51. The summed E-state index contributed by atoms with van der Waals surface area (Å²) in [7, 11) is 0. The Bertz CT molecular complexity index is 301. The number of allylic oxidation sites excluding steroid dienone is 1. The van der Waals surface area contributed by atoms with Crippen LogP contribution in [0, 0.1) is 0 Å². The third kappa shape index (κ3) is 4.32. The Hall–Kier alpha value is -0.340. The van der Waals surface area contributed by atoms with Crippen LogP contribution in [-0.2, 0) is 0 Å². The van der Waals surface area contributed by atoms with Crippen LogP contribution in [-0.4, -0.2) is 36.1 Å². The molecule has 1 aliphatic rings. The van der Waals surface area contributed by atoms with Gasteiger partial charge < -0.3 is 5.32 Å². The van der Waals surface area contributed by atoms with Crippen LogP contribution in [0.2, 0.25) is 0 Å². The van der Waals surface area contributed by atoms with Gasteiger partial charge in [0.15, 0.2) is 0 Å². The van der Waals surface area contributed by atoms with Gasteiger partial charge >= 0.3 is 0 Å². The molecule has 0 heterocycles. The Kier molecular flexibility index (Phi) is 8.58. The van der Waals surface area contributed by atoms with E-state index in [2.05, 4.69) is 50.9 Å². The maximum Gasteiger partial charge on any atom is 0.0466 e. The first-order valence-electron chi connectivity index (χ1n) is 9.37. The summed E-state index contributed by atoms with van der Waals surface area (Å²) in [6, 6.07) is 0.524. The lowest BCUT2D eigenvalue weighted by Gasteiger charge is -2.49. The van der Waals surface area contributed by atoms with Gasteiger partial charge in [-0.05, 0) is 58.2 Å². The van der Waals surface area contributed by atoms with E-state index in [1.165, 1.54) is 44.9 Å². The monoisotopic (exact) mass is 294 g/mol. The Morgan fingerprint density at radius 3 is 2.24 bits per heavy atom. The molecule has 2 heteroatoms. The summed E-state index contributed by atoms with van der Waals surface area (Å²) in [5.41, 5.74) is 1.96. The van der Waals surface area contributed by atoms with Crippen LogP contribution in [0.1, 0.15) is 79.6 Å². The van der Waals surface area contributed by atoms with Gasteiger partial charge in [-0.3, -0.25) is 4.90 Å². The normalized spacial score (nSPS) is 18.5. The minimum Gasteiger partial charge on any atom is -0.309 e. The second-order valence-electron chi connectivity index (χ2n) is 6.35. The van der Waals surface area contributed by atoms with Crippen molar-refractivity contribution < 1.29 is 0 Å². The molecule has 1 aliphatic carbocycles. The van der Waals surface area contributed by atoms with Gasteiger partial charge in [-0.1, -0.05) is 52.7 Å². The van der Waals surface area contributed by atoms with Gasteiger partial charge in [-0.25, -0.2) is 0 Å². The molecule has 2 nitrogen and oxygen atoms in total. The third-order valence-electron chi connectivity index (χ3n) is 5.51. The van der Waals surface area contributed by atoms with Gasteiger partial charge in [-0.2, -0.15) is 0 Å². The molecule has 1 rings (SSSR count). The van der Waals surface area contributed by atoms with Crippen molar-refractivity contribution in [3.05, 3.63) is 11.6 Å². The summed E-state index contributed by atoms with van der Waals surface area (Å²) >= 11 is 0. The van der Waals surface area contributed by atoms with E-state index < -0.39 is 0 Å². The quantitative estimate of drug-likeness (QED) is 0.617. The van der Waals surface area contributed by atoms with Crippen LogP contribution in [0.15, 0.2) is 11.6 Å². The van der Waals surface area contributed by atoms with Gasteiger partial charge in [0, 0.05) is 11.6 Å². The summed E-state index contributed by atoms with van der Waals surface area (Å²) in [5.74, 6) is 0. The molecule has 1 N–H and O–H groups in total. The number of hydrogen-bond donors (Lipinski definition) is 1. The summed E-state index contributed by atoms with van der Waals surface area (Å²) < 4.78 is 0. The molecular weight excluding hydrogens is 256 g/mol. The molecule has 21 heavy (non-hydrogen) atoms. The molecule has 0 amide bonds. The molecule has 0 saturated carbocycles. The van der Waals surface area contributed by atoms with Gasteiger partial charge in [-0.15, -0.1) is 0 Å². The molecule has 0 aromatic carbocycles. The zero-order valence-electron chi connectivity index (χ0n) is 15.2. The fraction of sp³-hybridized carbons (Fsp3) is 0.895. The van der Waals surface area contributed by atoms with E-state index in [0.717, 1.165) is 19.6 Å². The molecule has 1 unspecified atom stereocenters. The van der Waals surface area contributed by atoms with Gasteiger partial charge in [0.1, 0.15) is 0 Å². The molecule has 0 saturated heterocycles. The molecule has 0 fully saturated rings. The number of nitrogens with one attached hydrogen (secondary N) is 1. The topological polar surface area (TPSA) is 15.3 Å². The van der Waals surface area contributed by atoms with Gasteiger partial charge in [0.25, 0.3) is 0 Å². The van der Waals surface area contributed by atoms with E-state index in [4.69, 9.17) is 0 Å². The Labute approximate surface area is 133 Å². The second-order valence-corrected chi connectivity index (χ2v) is 6.35. The average molecular weight is 295 g/mol. The van der Waals surface area contributed by atoms with Crippen molar-refractivity contribution >= 4 is 0 Å². The van der Waals surface area contributed by atoms with Crippen LogP contribution in [0.4, 0.5) is 0 Å². The highest BCUT2D eigenvalue weighted by molar-refractivity contribution is 5.20. The lowest BCUT2D eigenvalue weighted by molar-refractivity contribution is 0.0606. The highest BCUT2D eigenvalue weighted by Crippen LogP contribution is 2.34. The minimum absolute atomic E-state index is 0.273. The molecular formula is C19H38N2. The van der Waals surface area contributed by atoms with Crippen molar-refractivity contribution in [3.63, 3.8) is 0 Å². The van der Waals surface area contributed by atoms with Crippen LogP contribution < -0.4 is 5.32 Å². The zero-order chi connectivity index (χ0) is 15.7. The van der Waals surface area contributed by atoms with E-state index in [1.807, 2.05) is 0 Å². The van der Waals surface area contributed by atoms with Crippen molar-refractivity contribution in [1.29, 1.82) is 0 Å². The standard InChI is InChI=1S/C19H38N2/c1-6-19(7-2,21(9-4)10-5)18(20-8-3)17-15-13-11-12-14-16-17/h15,18,20H,6-14,16H2,1-5H3. The molecule has 0 aliphatic heterocycles. The van der Waals surface area contributed by atoms with Crippen molar-refractivity contribution in [2.24, 2.45) is 0 Å². The summed E-state index contributed by atoms with van der Waals surface area (Å²) in [5, 5.41) is 3.86. The van der Waals surface area contributed by atoms with Crippen molar-refractivity contribution in [2.75, 3.05) is 19.6 Å². The molecule has 0 aromatic heterocycles. The molecule has 0 radical (unpaired) electrons. The maximum absolute atomic E-state index is 3.86. The predicted molar refractivity (Wildman–Crippen MR) is 94.9 cm³/mol. The Morgan fingerprint density at radius 1 is 1.05 bits per heavy atom. The first-order chi connectivity index (χ1) is 10.2. The largest absolute Gasteiger partial charge is 0.309 e. The van der Waals surface area contributed by atoms with Gasteiger partial charge in [0.2, 0.25) is 0 Å². The van der Waals surface area contributed by atoms with E-state index in [0.29, 0.717) is 6.04 Å². The molecule has 0 aromatic rings. The lowest BCUT2D eigenvalue weighted by Crippen LogP contribution is -2.61.